The van der Waals surface area contributed by atoms with E-state index in [4.69, 9.17) is 4.42 Å². The third-order valence-electron chi connectivity index (χ3n) is 4.89. The first-order valence-electron chi connectivity index (χ1n) is 9.29. The number of carbonyl (C=O) groups excluding carboxylic acids is 1. The summed E-state index contributed by atoms with van der Waals surface area (Å²) in [6.45, 7) is 0. The number of hydrogen-bond acceptors (Lipinski definition) is 5. The van der Waals surface area contributed by atoms with Crippen LogP contribution in [0.3, 0.4) is 0 Å². The highest BCUT2D eigenvalue weighted by Gasteiger charge is 2.30. The van der Waals surface area contributed by atoms with Gasteiger partial charge in [-0.25, -0.2) is 4.98 Å². The number of furan rings is 1. The van der Waals surface area contributed by atoms with Gasteiger partial charge in [-0.2, -0.15) is 0 Å². The first kappa shape index (κ1) is 18.7. The largest absolute Gasteiger partial charge is 0.448 e. The third-order valence-corrected chi connectivity index (χ3v) is 5.70. The van der Waals surface area contributed by atoms with Gasteiger partial charge in [0, 0.05) is 29.4 Å². The van der Waals surface area contributed by atoms with Crippen LogP contribution in [-0.4, -0.2) is 30.1 Å². The highest BCUT2D eigenvalue weighted by Crippen LogP contribution is 2.36. The molecular formula is C20H17N4O5P. The molecule has 0 aromatic carbocycles. The lowest BCUT2D eigenvalue weighted by Crippen LogP contribution is -2.13. The zero-order valence-electron chi connectivity index (χ0n) is 15.6. The number of rotatable bonds is 5. The Morgan fingerprint density at radius 1 is 1.17 bits per heavy atom. The number of amides is 1. The van der Waals surface area contributed by atoms with Crippen molar-refractivity contribution in [3.63, 3.8) is 0 Å². The second kappa shape index (κ2) is 6.91. The van der Waals surface area contributed by atoms with Gasteiger partial charge in [0.05, 0.1) is 11.9 Å². The second-order valence-electron chi connectivity index (χ2n) is 7.17. The van der Waals surface area contributed by atoms with E-state index < -0.39 is 13.1 Å². The Morgan fingerprint density at radius 2 is 1.97 bits per heavy atom. The number of nitrogens with zero attached hydrogens (tertiary/aromatic N) is 3. The minimum atomic E-state index is -4.47. The fourth-order valence-corrected chi connectivity index (χ4v) is 3.72. The minimum Gasteiger partial charge on any atom is -0.448 e. The molecule has 10 heteroatoms. The fourth-order valence-electron chi connectivity index (χ4n) is 3.23. The molecule has 4 aromatic heterocycles. The number of pyridine rings is 2. The van der Waals surface area contributed by atoms with Gasteiger partial charge in [-0.05, 0) is 43.2 Å². The van der Waals surface area contributed by atoms with Crippen molar-refractivity contribution in [1.82, 2.24) is 14.4 Å². The molecule has 0 radical (unpaired) electrons. The first-order valence-corrected chi connectivity index (χ1v) is 10.9. The van der Waals surface area contributed by atoms with Crippen LogP contribution >= 0.6 is 7.60 Å². The van der Waals surface area contributed by atoms with E-state index in [9.17, 15) is 19.1 Å². The van der Waals surface area contributed by atoms with Crippen molar-refractivity contribution in [2.75, 3.05) is 5.32 Å². The standard InChI is InChI=1S/C20H17N4O5P/c25-20(12-4-5-12)23-17-11-24-15(2-1-3-18(24)22-17)13-8-14(10-21-9-13)16-6-7-19(29-16)30(26,27)28/h1-3,6-12H,4-5H2,(H,23,25)(H2,26,27,28). The number of carbonyl (C=O) groups is 1. The summed E-state index contributed by atoms with van der Waals surface area (Å²) in [6, 6.07) is 10.2. The monoisotopic (exact) mass is 424 g/mol. The van der Waals surface area contributed by atoms with Crippen molar-refractivity contribution in [3.05, 3.63) is 55.0 Å². The average molecular weight is 424 g/mol. The van der Waals surface area contributed by atoms with Crippen molar-refractivity contribution in [2.24, 2.45) is 5.92 Å². The maximum absolute atomic E-state index is 12.0. The molecular weight excluding hydrogens is 407 g/mol. The summed E-state index contributed by atoms with van der Waals surface area (Å²) in [5.74, 6) is 0.863. The summed E-state index contributed by atoms with van der Waals surface area (Å²) in [4.78, 5) is 39.3. The van der Waals surface area contributed by atoms with Crippen LogP contribution in [0.5, 0.6) is 0 Å². The van der Waals surface area contributed by atoms with E-state index >= 15 is 0 Å². The molecule has 1 aliphatic carbocycles. The molecule has 1 saturated carbocycles. The maximum Gasteiger partial charge on any atom is 0.391 e. The summed E-state index contributed by atoms with van der Waals surface area (Å²) in [5, 5.41) is 2.85. The van der Waals surface area contributed by atoms with Gasteiger partial charge in [0.2, 0.25) is 11.4 Å². The minimum absolute atomic E-state index is 0.0118. The smallest absolute Gasteiger partial charge is 0.391 e. The topological polar surface area (TPSA) is 130 Å². The predicted molar refractivity (Wildman–Crippen MR) is 109 cm³/mol. The van der Waals surface area contributed by atoms with Crippen LogP contribution in [-0.2, 0) is 9.36 Å². The van der Waals surface area contributed by atoms with E-state index in [1.165, 1.54) is 12.1 Å². The average Bonchev–Trinajstić information content (AvgIpc) is 3.29. The molecule has 152 valence electrons. The Kier molecular flexibility index (Phi) is 4.32. The van der Waals surface area contributed by atoms with Gasteiger partial charge in [0.25, 0.3) is 0 Å². The normalized spacial score (nSPS) is 14.2. The van der Waals surface area contributed by atoms with E-state index in [2.05, 4.69) is 15.3 Å². The molecule has 0 bridgehead atoms. The molecule has 0 spiro atoms. The number of hydrogen-bond donors (Lipinski definition) is 3. The maximum atomic E-state index is 12.0. The quantitative estimate of drug-likeness (QED) is 0.420. The number of imidazole rings is 1. The lowest BCUT2D eigenvalue weighted by Gasteiger charge is -2.06. The van der Waals surface area contributed by atoms with Crippen molar-refractivity contribution < 1.29 is 23.6 Å². The van der Waals surface area contributed by atoms with E-state index in [-0.39, 0.29) is 11.8 Å². The van der Waals surface area contributed by atoms with Crippen LogP contribution in [0.4, 0.5) is 5.82 Å². The van der Waals surface area contributed by atoms with E-state index in [1.54, 1.807) is 18.6 Å². The van der Waals surface area contributed by atoms with Crippen molar-refractivity contribution >= 4 is 30.5 Å². The Morgan fingerprint density at radius 3 is 2.70 bits per heavy atom. The molecule has 1 amide bonds. The first-order chi connectivity index (χ1) is 14.4. The third kappa shape index (κ3) is 3.54. The van der Waals surface area contributed by atoms with Crippen LogP contribution in [0, 0.1) is 5.92 Å². The molecule has 0 aliphatic heterocycles. The Hall–Kier alpha value is -3.26. The van der Waals surface area contributed by atoms with Gasteiger partial charge < -0.3 is 19.5 Å². The Balaban J connectivity index is 1.51. The molecule has 0 atom stereocenters. The van der Waals surface area contributed by atoms with Crippen LogP contribution in [0.2, 0.25) is 0 Å². The Labute approximate surface area is 170 Å². The summed E-state index contributed by atoms with van der Waals surface area (Å²) >= 11 is 0. The molecule has 3 N–H and O–H groups in total. The molecule has 1 aliphatic rings. The van der Waals surface area contributed by atoms with Crippen molar-refractivity contribution in [1.29, 1.82) is 0 Å². The van der Waals surface area contributed by atoms with Gasteiger partial charge in [-0.1, -0.05) is 6.07 Å². The zero-order valence-corrected chi connectivity index (χ0v) is 16.5. The van der Waals surface area contributed by atoms with Crippen molar-refractivity contribution in [3.8, 4) is 22.6 Å². The van der Waals surface area contributed by atoms with Gasteiger partial charge in [-0.3, -0.25) is 18.7 Å². The summed E-state index contributed by atoms with van der Waals surface area (Å²) in [6.07, 6.45) is 6.82. The molecule has 4 heterocycles. The molecule has 5 rings (SSSR count). The molecule has 1 fully saturated rings. The highest BCUT2D eigenvalue weighted by molar-refractivity contribution is 7.59. The molecule has 4 aromatic rings. The summed E-state index contributed by atoms with van der Waals surface area (Å²) in [5.41, 5.74) is 2.40. The number of aromatic nitrogens is 3. The highest BCUT2D eigenvalue weighted by atomic mass is 31.2. The zero-order chi connectivity index (χ0) is 20.9. The van der Waals surface area contributed by atoms with Crippen LogP contribution in [0.25, 0.3) is 28.2 Å². The summed E-state index contributed by atoms with van der Waals surface area (Å²) in [7, 11) is -4.47. The van der Waals surface area contributed by atoms with Crippen molar-refractivity contribution in [2.45, 2.75) is 12.8 Å². The fraction of sp³-hybridized carbons (Fsp3) is 0.150. The van der Waals surface area contributed by atoms with Crippen LogP contribution in [0.1, 0.15) is 12.8 Å². The number of nitrogens with one attached hydrogen (secondary N) is 1. The van der Waals surface area contributed by atoms with E-state index in [1.807, 2.05) is 28.7 Å². The SMILES string of the molecule is O=C(Nc1cn2c(-c3cncc(-c4ccc(P(=O)(O)O)o4)c3)cccc2n1)C1CC1. The van der Waals surface area contributed by atoms with Gasteiger partial charge in [-0.15, -0.1) is 0 Å². The lowest BCUT2D eigenvalue weighted by molar-refractivity contribution is -0.117. The number of fused-ring (bicyclic) bond motifs is 1. The van der Waals surface area contributed by atoms with Gasteiger partial charge in [0.1, 0.15) is 11.4 Å². The molecule has 0 unspecified atom stereocenters. The second-order valence-corrected chi connectivity index (χ2v) is 8.70. The summed E-state index contributed by atoms with van der Waals surface area (Å²) < 4.78 is 18.6. The number of anilines is 1. The van der Waals surface area contributed by atoms with Gasteiger partial charge in [0.15, 0.2) is 5.82 Å². The van der Waals surface area contributed by atoms with Gasteiger partial charge >= 0.3 is 7.60 Å². The Bertz CT molecular complexity index is 1320. The predicted octanol–water partition coefficient (Wildman–Crippen LogP) is 2.81. The van der Waals surface area contributed by atoms with E-state index in [0.717, 1.165) is 24.1 Å². The molecule has 30 heavy (non-hydrogen) atoms. The molecule has 9 nitrogen and oxygen atoms in total. The van der Waals surface area contributed by atoms with E-state index in [0.29, 0.717) is 22.8 Å². The van der Waals surface area contributed by atoms with Crippen LogP contribution in [0.15, 0.2) is 59.4 Å². The molecule has 0 saturated heterocycles. The van der Waals surface area contributed by atoms with Crippen LogP contribution < -0.4 is 10.8 Å². The lowest BCUT2D eigenvalue weighted by atomic mass is 10.1.